The van der Waals surface area contributed by atoms with Crippen LogP contribution in [0.1, 0.15) is 5.56 Å². The third-order valence-electron chi connectivity index (χ3n) is 6.95. The lowest BCUT2D eigenvalue weighted by atomic mass is 9.92. The molecule has 0 unspecified atom stereocenters. The van der Waals surface area contributed by atoms with Gasteiger partial charge in [0.25, 0.3) is 0 Å². The number of nitriles is 1. The first kappa shape index (κ1) is 22.5. The van der Waals surface area contributed by atoms with E-state index < -0.39 is 0 Å². The highest BCUT2D eigenvalue weighted by molar-refractivity contribution is 6.09. The quantitative estimate of drug-likeness (QED) is 0.260. The summed E-state index contributed by atoms with van der Waals surface area (Å²) in [4.78, 5) is 8.49. The fourth-order valence-electron chi connectivity index (χ4n) is 5.22. The fraction of sp³-hybridized carbons (Fsp3) is 0. The average molecular weight is 504 g/mol. The first-order valence-corrected chi connectivity index (χ1v) is 12.6. The van der Waals surface area contributed by atoms with E-state index in [1.807, 2.05) is 102 Å². The number of phenols is 1. The zero-order chi connectivity index (χ0) is 26.3. The van der Waals surface area contributed by atoms with Crippen molar-refractivity contribution in [3.05, 3.63) is 121 Å². The molecule has 4 aromatic carbocycles. The van der Waals surface area contributed by atoms with Gasteiger partial charge in [-0.15, -0.1) is 0 Å². The van der Waals surface area contributed by atoms with Gasteiger partial charge in [-0.05, 0) is 35.9 Å². The number of aromatic amines is 1. The molecule has 0 amide bonds. The normalized spacial score (nSPS) is 11.2. The fourth-order valence-corrected chi connectivity index (χ4v) is 5.22. The summed E-state index contributed by atoms with van der Waals surface area (Å²) in [6, 6.07) is 37.2. The largest absolute Gasteiger partial charge is 0.508 e. The maximum Gasteiger partial charge on any atom is 0.164 e. The third-order valence-corrected chi connectivity index (χ3v) is 6.95. The van der Waals surface area contributed by atoms with Crippen LogP contribution in [0, 0.1) is 11.3 Å². The van der Waals surface area contributed by atoms with Gasteiger partial charge in [0.1, 0.15) is 17.5 Å². The Morgan fingerprint density at radius 1 is 0.769 bits per heavy atom. The molecule has 0 saturated heterocycles. The molecule has 0 aliphatic carbocycles. The van der Waals surface area contributed by atoms with Crippen molar-refractivity contribution < 1.29 is 5.11 Å². The molecule has 0 bridgehead atoms. The molecule has 184 valence electrons. The van der Waals surface area contributed by atoms with Crippen LogP contribution in [0.5, 0.6) is 5.75 Å². The molecule has 0 radical (unpaired) electrons. The number of phenolic OH excluding ortho intramolecular Hbond substituents is 1. The molecule has 6 heteroatoms. The summed E-state index contributed by atoms with van der Waals surface area (Å²) >= 11 is 0. The Kier molecular flexibility index (Phi) is 5.21. The van der Waals surface area contributed by atoms with Crippen LogP contribution >= 0.6 is 0 Å². The lowest BCUT2D eigenvalue weighted by Crippen LogP contribution is -2.01. The van der Waals surface area contributed by atoms with Crippen LogP contribution in [0.25, 0.3) is 61.3 Å². The molecule has 7 rings (SSSR count). The summed E-state index contributed by atoms with van der Waals surface area (Å²) in [5, 5.41) is 27.9. The molecule has 0 aliphatic rings. The maximum atomic E-state index is 10.7. The van der Waals surface area contributed by atoms with Crippen LogP contribution in [-0.2, 0) is 0 Å². The van der Waals surface area contributed by atoms with E-state index >= 15 is 0 Å². The number of fused-ring (bicyclic) bond motifs is 2. The molecule has 0 atom stereocenters. The molecule has 7 aromatic rings. The molecule has 6 nitrogen and oxygen atoms in total. The van der Waals surface area contributed by atoms with Crippen molar-refractivity contribution in [3.8, 4) is 51.1 Å². The van der Waals surface area contributed by atoms with Gasteiger partial charge in [-0.25, -0.2) is 9.67 Å². The lowest BCUT2D eigenvalue weighted by Gasteiger charge is -2.13. The van der Waals surface area contributed by atoms with E-state index in [1.165, 1.54) is 0 Å². The summed E-state index contributed by atoms with van der Waals surface area (Å²) in [5.41, 5.74) is 7.24. The standard InChI is InChI=1S/C33H21N5O/c34-19-26-29(22-12-9-15-24(39)18-22)30-31(21-10-3-1-4-11-21)37-38(23-13-5-2-6-14-23)33(30)36-32(26)27-20-35-28-17-8-7-16-25(27)28/h1-18,20,35,39H. The summed E-state index contributed by atoms with van der Waals surface area (Å²) in [5.74, 6) is 0.117. The monoisotopic (exact) mass is 503 g/mol. The molecule has 0 saturated carbocycles. The molecule has 3 heterocycles. The highest BCUT2D eigenvalue weighted by Gasteiger charge is 2.26. The molecule has 39 heavy (non-hydrogen) atoms. The second-order valence-corrected chi connectivity index (χ2v) is 9.28. The summed E-state index contributed by atoms with van der Waals surface area (Å²) in [6.07, 6.45) is 1.90. The Hall–Kier alpha value is -5.67. The van der Waals surface area contributed by atoms with Crippen molar-refractivity contribution in [2.75, 3.05) is 0 Å². The number of hydrogen-bond donors (Lipinski definition) is 2. The number of nitrogens with zero attached hydrogens (tertiary/aromatic N) is 4. The average Bonchev–Trinajstić information content (AvgIpc) is 3.59. The van der Waals surface area contributed by atoms with Gasteiger partial charge in [0.2, 0.25) is 0 Å². The van der Waals surface area contributed by atoms with Crippen molar-refractivity contribution in [1.29, 1.82) is 5.26 Å². The minimum atomic E-state index is 0.117. The number of H-pyrrole nitrogens is 1. The molecular formula is C33H21N5O. The predicted octanol–water partition coefficient (Wildman–Crippen LogP) is 7.48. The molecule has 0 spiro atoms. The zero-order valence-electron chi connectivity index (χ0n) is 20.7. The maximum absolute atomic E-state index is 10.7. The van der Waals surface area contributed by atoms with Crippen molar-refractivity contribution in [2.24, 2.45) is 0 Å². The van der Waals surface area contributed by atoms with Crippen LogP contribution in [0.15, 0.2) is 115 Å². The SMILES string of the molecule is N#Cc1c(-c2c[nH]c3ccccc23)nc2c(c(-c3ccccc3)nn2-c2ccccc2)c1-c1cccc(O)c1. The second-order valence-electron chi connectivity index (χ2n) is 9.28. The molecule has 3 aromatic heterocycles. The number of hydrogen-bond acceptors (Lipinski definition) is 4. The van der Waals surface area contributed by atoms with E-state index in [0.29, 0.717) is 33.7 Å². The number of rotatable bonds is 4. The molecule has 0 aliphatic heterocycles. The van der Waals surface area contributed by atoms with Gasteiger partial charge in [-0.1, -0.05) is 78.9 Å². The first-order valence-electron chi connectivity index (χ1n) is 12.6. The van der Waals surface area contributed by atoms with Crippen LogP contribution < -0.4 is 0 Å². The molecular weight excluding hydrogens is 482 g/mol. The Morgan fingerprint density at radius 2 is 1.49 bits per heavy atom. The van der Waals surface area contributed by atoms with E-state index in [-0.39, 0.29) is 5.75 Å². The van der Waals surface area contributed by atoms with Crippen LogP contribution in [-0.4, -0.2) is 24.9 Å². The number of aromatic nitrogens is 4. The van der Waals surface area contributed by atoms with Crippen molar-refractivity contribution in [3.63, 3.8) is 0 Å². The summed E-state index contributed by atoms with van der Waals surface area (Å²) in [7, 11) is 0. The minimum absolute atomic E-state index is 0.117. The van der Waals surface area contributed by atoms with Gasteiger partial charge in [0.15, 0.2) is 5.65 Å². The van der Waals surface area contributed by atoms with Gasteiger partial charge in [-0.3, -0.25) is 0 Å². The van der Waals surface area contributed by atoms with Crippen LogP contribution in [0.4, 0.5) is 0 Å². The van der Waals surface area contributed by atoms with Gasteiger partial charge >= 0.3 is 0 Å². The Labute approximate surface area is 224 Å². The number of benzene rings is 4. The topological polar surface area (TPSA) is 90.5 Å². The van der Waals surface area contributed by atoms with Gasteiger partial charge in [0, 0.05) is 33.8 Å². The highest BCUT2D eigenvalue weighted by Crippen LogP contribution is 2.43. The number of nitrogens with one attached hydrogen (secondary N) is 1. The number of pyridine rings is 1. The van der Waals surface area contributed by atoms with Gasteiger partial charge in [0.05, 0.1) is 22.3 Å². The van der Waals surface area contributed by atoms with Crippen LogP contribution in [0.2, 0.25) is 0 Å². The smallest absolute Gasteiger partial charge is 0.164 e. The highest BCUT2D eigenvalue weighted by atomic mass is 16.3. The zero-order valence-corrected chi connectivity index (χ0v) is 20.7. The third kappa shape index (κ3) is 3.64. The van der Waals surface area contributed by atoms with Gasteiger partial charge in [-0.2, -0.15) is 10.4 Å². The van der Waals surface area contributed by atoms with Crippen molar-refractivity contribution >= 4 is 21.9 Å². The second kappa shape index (κ2) is 9.02. The Balaban J connectivity index is 1.69. The minimum Gasteiger partial charge on any atom is -0.508 e. The van der Waals surface area contributed by atoms with E-state index in [2.05, 4.69) is 11.1 Å². The van der Waals surface area contributed by atoms with Gasteiger partial charge < -0.3 is 10.1 Å². The first-order chi connectivity index (χ1) is 19.2. The summed E-state index contributed by atoms with van der Waals surface area (Å²) < 4.78 is 1.84. The van der Waals surface area contributed by atoms with E-state index in [9.17, 15) is 10.4 Å². The molecule has 0 fully saturated rings. The van der Waals surface area contributed by atoms with Crippen molar-refractivity contribution in [2.45, 2.75) is 0 Å². The molecule has 2 N–H and O–H groups in total. The summed E-state index contributed by atoms with van der Waals surface area (Å²) in [6.45, 7) is 0. The number of aromatic hydroxyl groups is 1. The Bertz CT molecular complexity index is 2030. The predicted molar refractivity (Wildman–Crippen MR) is 153 cm³/mol. The van der Waals surface area contributed by atoms with Crippen molar-refractivity contribution in [1.82, 2.24) is 19.7 Å². The number of para-hydroxylation sites is 2. The van der Waals surface area contributed by atoms with E-state index in [4.69, 9.17) is 10.1 Å². The lowest BCUT2D eigenvalue weighted by molar-refractivity contribution is 0.475. The Morgan fingerprint density at radius 3 is 2.26 bits per heavy atom. The van der Waals surface area contributed by atoms with E-state index in [1.54, 1.807) is 18.2 Å². The van der Waals surface area contributed by atoms with E-state index in [0.717, 1.165) is 33.1 Å². The van der Waals surface area contributed by atoms with Crippen LogP contribution in [0.3, 0.4) is 0 Å².